The Kier molecular flexibility index (Phi) is 9.78. The van der Waals surface area contributed by atoms with Gasteiger partial charge >= 0.3 is 11.9 Å². The second kappa shape index (κ2) is 10.1. The largest absolute Gasteiger partial charge is 0.469 e. The van der Waals surface area contributed by atoms with E-state index in [1.54, 1.807) is 0 Å². The topological polar surface area (TPSA) is 64.6 Å². The van der Waals surface area contributed by atoms with E-state index >= 15 is 0 Å². The minimum absolute atomic E-state index is 0. The van der Waals surface area contributed by atoms with Gasteiger partial charge in [0.05, 0.1) is 25.0 Å². The Hall–Kier alpha value is -0.810. The highest BCUT2D eigenvalue weighted by Crippen LogP contribution is 2.36. The number of hydrogen-bond acceptors (Lipinski definition) is 5. The minimum atomic E-state index is -0.236. The van der Waals surface area contributed by atoms with Gasteiger partial charge in [0.2, 0.25) is 0 Å². The van der Waals surface area contributed by atoms with Crippen LogP contribution in [0, 0.1) is 10.8 Å². The van der Waals surface area contributed by atoms with Crippen LogP contribution >= 0.6 is 12.4 Å². The van der Waals surface area contributed by atoms with Gasteiger partial charge in [0.25, 0.3) is 0 Å². The Morgan fingerprint density at radius 1 is 0.783 bits per heavy atom. The molecule has 2 fully saturated rings. The molecule has 2 aliphatic rings. The van der Waals surface area contributed by atoms with Gasteiger partial charge in [-0.1, -0.05) is 19.3 Å². The number of ether oxygens (including phenoxy) is 2. The fourth-order valence-electron chi connectivity index (χ4n) is 3.21. The third-order valence-corrected chi connectivity index (χ3v) is 5.02. The van der Waals surface area contributed by atoms with Crippen LogP contribution in [0.25, 0.3) is 0 Å². The summed E-state index contributed by atoms with van der Waals surface area (Å²) in [5.74, 6) is -0.101. The van der Waals surface area contributed by atoms with Crippen LogP contribution in [-0.2, 0) is 19.1 Å². The molecule has 0 bridgehead atoms. The maximum atomic E-state index is 11.3. The molecule has 1 saturated heterocycles. The summed E-state index contributed by atoms with van der Waals surface area (Å²) in [6.45, 7) is 5.83. The molecule has 6 heteroatoms. The smallest absolute Gasteiger partial charge is 0.311 e. The van der Waals surface area contributed by atoms with Crippen molar-refractivity contribution < 1.29 is 19.1 Å². The summed E-state index contributed by atoms with van der Waals surface area (Å²) in [5.41, 5.74) is -0.410. The molecule has 1 heterocycles. The first kappa shape index (κ1) is 22.2. The first-order valence-electron chi connectivity index (χ1n) is 8.25. The van der Waals surface area contributed by atoms with Crippen LogP contribution in [0.1, 0.15) is 58.8 Å². The van der Waals surface area contributed by atoms with E-state index in [1.807, 2.05) is 13.8 Å². The molecule has 0 radical (unpaired) electrons. The minimum Gasteiger partial charge on any atom is -0.469 e. The summed E-state index contributed by atoms with van der Waals surface area (Å²) in [5, 5.41) is 3.21. The molecule has 0 unspecified atom stereocenters. The summed E-state index contributed by atoms with van der Waals surface area (Å²) in [4.78, 5) is 22.5. The van der Waals surface area contributed by atoms with Crippen LogP contribution < -0.4 is 5.32 Å². The summed E-state index contributed by atoms with van der Waals surface area (Å²) >= 11 is 0. The van der Waals surface area contributed by atoms with Crippen LogP contribution in [0.3, 0.4) is 0 Å². The zero-order valence-corrected chi connectivity index (χ0v) is 15.7. The van der Waals surface area contributed by atoms with Gasteiger partial charge in [-0.3, -0.25) is 9.59 Å². The lowest BCUT2D eigenvalue weighted by molar-refractivity contribution is -0.154. The highest BCUT2D eigenvalue weighted by Gasteiger charge is 2.36. The molecule has 0 atom stereocenters. The molecular formula is C17H32ClNO4. The van der Waals surface area contributed by atoms with Crippen molar-refractivity contribution in [2.75, 3.05) is 27.3 Å². The second-order valence-corrected chi connectivity index (χ2v) is 6.92. The summed E-state index contributed by atoms with van der Waals surface area (Å²) < 4.78 is 9.48. The number of esters is 2. The molecule has 1 aliphatic heterocycles. The van der Waals surface area contributed by atoms with Crippen molar-refractivity contribution in [3.8, 4) is 0 Å². The van der Waals surface area contributed by atoms with Crippen molar-refractivity contribution in [2.24, 2.45) is 10.8 Å². The van der Waals surface area contributed by atoms with E-state index in [4.69, 9.17) is 9.47 Å². The second-order valence-electron chi connectivity index (χ2n) is 6.92. The Morgan fingerprint density at radius 2 is 1.17 bits per heavy atom. The van der Waals surface area contributed by atoms with Crippen molar-refractivity contribution in [1.82, 2.24) is 5.32 Å². The number of halogens is 1. The fourth-order valence-corrected chi connectivity index (χ4v) is 3.21. The SMILES string of the molecule is COC(=O)C1(C)CCCCC1.COC(=O)C1(C)CCNCC1.Cl. The average Bonchev–Trinajstić information content (AvgIpc) is 2.55. The number of carbonyl (C=O) groups is 2. The molecule has 0 amide bonds. The van der Waals surface area contributed by atoms with Gasteiger partial charge in [0, 0.05) is 0 Å². The molecule has 136 valence electrons. The molecule has 2 rings (SSSR count). The lowest BCUT2D eigenvalue weighted by atomic mass is 9.76. The number of rotatable bonds is 2. The van der Waals surface area contributed by atoms with Crippen LogP contribution in [0.4, 0.5) is 0 Å². The van der Waals surface area contributed by atoms with Gasteiger partial charge in [-0.05, 0) is 52.6 Å². The van der Waals surface area contributed by atoms with E-state index in [9.17, 15) is 9.59 Å². The molecule has 0 aromatic heterocycles. The van der Waals surface area contributed by atoms with E-state index in [2.05, 4.69) is 5.32 Å². The van der Waals surface area contributed by atoms with Gasteiger partial charge in [-0.2, -0.15) is 0 Å². The van der Waals surface area contributed by atoms with Gasteiger partial charge in [0.15, 0.2) is 0 Å². The molecule has 1 saturated carbocycles. The van der Waals surface area contributed by atoms with Crippen LogP contribution in [0.5, 0.6) is 0 Å². The number of hydrogen-bond donors (Lipinski definition) is 1. The van der Waals surface area contributed by atoms with Gasteiger partial charge in [0.1, 0.15) is 0 Å². The highest BCUT2D eigenvalue weighted by molar-refractivity contribution is 5.85. The molecule has 1 N–H and O–H groups in total. The predicted molar refractivity (Wildman–Crippen MR) is 92.7 cm³/mol. The Labute approximate surface area is 146 Å². The normalized spacial score (nSPS) is 21.7. The lowest BCUT2D eigenvalue weighted by Gasteiger charge is -2.30. The first-order valence-corrected chi connectivity index (χ1v) is 8.25. The standard InChI is InChI=1S/C9H16O2.C8H15NO2.ClH/c1-9(8(10)11-2)6-4-3-5-7-9;1-8(7(10)11-2)3-5-9-6-4-8;/h3-7H2,1-2H3;9H,3-6H2,1-2H3;1H. The van der Waals surface area contributed by atoms with Crippen LogP contribution in [-0.4, -0.2) is 39.2 Å². The number of carbonyl (C=O) groups excluding carboxylic acids is 2. The maximum Gasteiger partial charge on any atom is 0.311 e. The van der Waals surface area contributed by atoms with E-state index in [0.29, 0.717) is 0 Å². The van der Waals surface area contributed by atoms with Crippen molar-refractivity contribution >= 4 is 24.3 Å². The monoisotopic (exact) mass is 349 g/mol. The first-order chi connectivity index (χ1) is 10.4. The number of methoxy groups -OCH3 is 2. The van der Waals surface area contributed by atoms with Gasteiger partial charge in [-0.25, -0.2) is 0 Å². The summed E-state index contributed by atoms with van der Waals surface area (Å²) in [6, 6.07) is 0. The zero-order chi connectivity index (χ0) is 16.6. The summed E-state index contributed by atoms with van der Waals surface area (Å²) in [7, 11) is 2.93. The Morgan fingerprint density at radius 3 is 1.57 bits per heavy atom. The van der Waals surface area contributed by atoms with Gasteiger partial charge in [-0.15, -0.1) is 12.4 Å². The average molecular weight is 350 g/mol. The molecule has 1 aliphatic carbocycles. The number of nitrogens with one attached hydrogen (secondary N) is 1. The van der Waals surface area contributed by atoms with Crippen LogP contribution in [0.15, 0.2) is 0 Å². The zero-order valence-electron chi connectivity index (χ0n) is 14.9. The maximum absolute atomic E-state index is 11.3. The molecular weight excluding hydrogens is 318 g/mol. The van der Waals surface area contributed by atoms with Crippen molar-refractivity contribution in [1.29, 1.82) is 0 Å². The molecule has 0 aromatic carbocycles. The highest BCUT2D eigenvalue weighted by atomic mass is 35.5. The molecule has 5 nitrogen and oxygen atoms in total. The van der Waals surface area contributed by atoms with E-state index in [1.165, 1.54) is 33.5 Å². The van der Waals surface area contributed by atoms with E-state index in [-0.39, 0.29) is 35.2 Å². The third kappa shape index (κ3) is 6.30. The molecule has 23 heavy (non-hydrogen) atoms. The molecule has 0 aromatic rings. The Bertz CT molecular complexity index is 339. The van der Waals surface area contributed by atoms with Crippen molar-refractivity contribution in [2.45, 2.75) is 58.8 Å². The Balaban J connectivity index is 0.000000403. The molecule has 0 spiro atoms. The lowest BCUT2D eigenvalue weighted by Crippen LogP contribution is -2.40. The van der Waals surface area contributed by atoms with Crippen molar-refractivity contribution in [3.63, 3.8) is 0 Å². The number of piperidine rings is 1. The summed E-state index contributed by atoms with van der Waals surface area (Å²) in [6.07, 6.45) is 7.39. The van der Waals surface area contributed by atoms with E-state index in [0.717, 1.165) is 38.8 Å². The van der Waals surface area contributed by atoms with E-state index < -0.39 is 0 Å². The quantitative estimate of drug-likeness (QED) is 0.776. The third-order valence-electron chi connectivity index (χ3n) is 5.02. The van der Waals surface area contributed by atoms with Crippen molar-refractivity contribution in [3.05, 3.63) is 0 Å². The predicted octanol–water partition coefficient (Wildman–Crippen LogP) is 3.10. The van der Waals surface area contributed by atoms with Gasteiger partial charge < -0.3 is 14.8 Å². The fraction of sp³-hybridized carbons (Fsp3) is 0.882. The van der Waals surface area contributed by atoms with Crippen LogP contribution in [0.2, 0.25) is 0 Å².